The van der Waals surface area contributed by atoms with Crippen molar-refractivity contribution in [1.29, 1.82) is 0 Å². The summed E-state index contributed by atoms with van der Waals surface area (Å²) in [6.07, 6.45) is 2.44. The quantitative estimate of drug-likeness (QED) is 0.777. The summed E-state index contributed by atoms with van der Waals surface area (Å²) in [7, 11) is 1.68. The Kier molecular flexibility index (Phi) is 6.15. The van der Waals surface area contributed by atoms with Crippen molar-refractivity contribution in [2.45, 2.75) is 25.8 Å². The Hall–Kier alpha value is -1.26. The Morgan fingerprint density at radius 3 is 2.45 bits per heavy atom. The molecule has 0 saturated carbocycles. The molecule has 0 aliphatic carbocycles. The topological polar surface area (TPSA) is 33.7 Å². The van der Waals surface area contributed by atoms with E-state index in [9.17, 15) is 0 Å². The van der Waals surface area contributed by atoms with E-state index in [2.05, 4.69) is 29.3 Å². The van der Waals surface area contributed by atoms with E-state index < -0.39 is 0 Å². The Labute approximate surface area is 122 Å². The molecule has 0 atom stereocenters. The molecule has 1 heterocycles. The van der Waals surface area contributed by atoms with Crippen LogP contribution in [0.4, 0.5) is 5.69 Å². The van der Waals surface area contributed by atoms with Crippen LogP contribution in [-0.2, 0) is 4.74 Å². The highest BCUT2D eigenvalue weighted by molar-refractivity contribution is 5.47. The van der Waals surface area contributed by atoms with Gasteiger partial charge in [0.2, 0.25) is 0 Å². The van der Waals surface area contributed by atoms with Crippen molar-refractivity contribution in [3.63, 3.8) is 0 Å². The van der Waals surface area contributed by atoms with Crippen LogP contribution in [0, 0.1) is 0 Å². The number of anilines is 1. The van der Waals surface area contributed by atoms with Crippen LogP contribution in [0.2, 0.25) is 0 Å². The summed E-state index contributed by atoms with van der Waals surface area (Å²) in [6.45, 7) is 7.02. The number of benzene rings is 1. The van der Waals surface area contributed by atoms with Crippen LogP contribution in [-0.4, -0.2) is 50.9 Å². The van der Waals surface area contributed by atoms with Crippen LogP contribution in [0.3, 0.4) is 0 Å². The lowest BCUT2D eigenvalue weighted by molar-refractivity contribution is 0.146. The van der Waals surface area contributed by atoms with E-state index in [1.165, 1.54) is 38.2 Å². The molecule has 0 unspecified atom stereocenters. The van der Waals surface area contributed by atoms with Crippen LogP contribution in [0.5, 0.6) is 5.75 Å². The largest absolute Gasteiger partial charge is 0.491 e. The zero-order chi connectivity index (χ0) is 14.2. The minimum absolute atomic E-state index is 0.595. The molecular weight excluding hydrogens is 252 g/mol. The maximum absolute atomic E-state index is 5.56. The molecule has 2 rings (SSSR count). The van der Waals surface area contributed by atoms with Gasteiger partial charge >= 0.3 is 0 Å². The molecule has 0 bridgehead atoms. The second-order valence-corrected chi connectivity index (χ2v) is 5.22. The van der Waals surface area contributed by atoms with E-state index >= 15 is 0 Å². The van der Waals surface area contributed by atoms with Crippen LogP contribution < -0.4 is 10.1 Å². The molecule has 1 aliphatic rings. The van der Waals surface area contributed by atoms with Gasteiger partial charge in [-0.15, -0.1) is 0 Å². The zero-order valence-electron chi connectivity index (χ0n) is 12.6. The summed E-state index contributed by atoms with van der Waals surface area (Å²) in [5.74, 6) is 0.897. The van der Waals surface area contributed by atoms with Gasteiger partial charge in [-0.3, -0.25) is 0 Å². The Morgan fingerprint density at radius 1 is 1.15 bits per heavy atom. The average Bonchev–Trinajstić information content (AvgIpc) is 2.50. The number of piperidine rings is 1. The number of rotatable bonds is 7. The van der Waals surface area contributed by atoms with Gasteiger partial charge in [-0.05, 0) is 43.7 Å². The highest BCUT2D eigenvalue weighted by atomic mass is 16.5. The smallest absolute Gasteiger partial charge is 0.119 e. The normalized spacial score (nSPS) is 17.1. The Morgan fingerprint density at radius 2 is 1.85 bits per heavy atom. The highest BCUT2D eigenvalue weighted by Crippen LogP contribution is 2.19. The van der Waals surface area contributed by atoms with Gasteiger partial charge in [0, 0.05) is 31.9 Å². The van der Waals surface area contributed by atoms with Crippen LogP contribution in [0.15, 0.2) is 24.3 Å². The minimum Gasteiger partial charge on any atom is -0.491 e. The number of nitrogens with zero attached hydrogens (tertiary/aromatic N) is 1. The van der Waals surface area contributed by atoms with Crippen molar-refractivity contribution < 1.29 is 9.47 Å². The first-order valence-electron chi connectivity index (χ1n) is 7.52. The molecule has 1 aromatic carbocycles. The highest BCUT2D eigenvalue weighted by Gasteiger charge is 2.17. The summed E-state index contributed by atoms with van der Waals surface area (Å²) in [5.41, 5.74) is 1.18. The number of ether oxygens (including phenoxy) is 2. The van der Waals surface area contributed by atoms with Gasteiger partial charge in [0.15, 0.2) is 0 Å². The molecule has 1 aliphatic heterocycles. The summed E-state index contributed by atoms with van der Waals surface area (Å²) in [6, 6.07) is 8.80. The standard InChI is InChI=1S/C16H26N2O2/c1-3-18-10-8-15(9-11-18)17-14-4-6-16(7-5-14)20-13-12-19-2/h4-7,15,17H,3,8-13H2,1-2H3. The van der Waals surface area contributed by atoms with Crippen molar-refractivity contribution in [2.24, 2.45) is 0 Å². The van der Waals surface area contributed by atoms with E-state index in [0.29, 0.717) is 19.3 Å². The summed E-state index contributed by atoms with van der Waals surface area (Å²) >= 11 is 0. The maximum Gasteiger partial charge on any atom is 0.119 e. The van der Waals surface area contributed by atoms with Gasteiger partial charge in [-0.25, -0.2) is 0 Å². The van der Waals surface area contributed by atoms with Crippen LogP contribution in [0.1, 0.15) is 19.8 Å². The molecule has 20 heavy (non-hydrogen) atoms. The number of nitrogens with one attached hydrogen (secondary N) is 1. The van der Waals surface area contributed by atoms with Gasteiger partial charge in [0.05, 0.1) is 6.61 Å². The Bertz CT molecular complexity index is 373. The molecule has 0 aromatic heterocycles. The fraction of sp³-hybridized carbons (Fsp3) is 0.625. The number of methoxy groups -OCH3 is 1. The first-order valence-corrected chi connectivity index (χ1v) is 7.52. The van der Waals surface area contributed by atoms with Gasteiger partial charge in [-0.2, -0.15) is 0 Å². The van der Waals surface area contributed by atoms with Gasteiger partial charge in [-0.1, -0.05) is 6.92 Å². The first-order chi connectivity index (χ1) is 9.81. The van der Waals surface area contributed by atoms with Crippen molar-refractivity contribution in [2.75, 3.05) is 45.3 Å². The van der Waals surface area contributed by atoms with Crippen molar-refractivity contribution in [1.82, 2.24) is 4.90 Å². The zero-order valence-corrected chi connectivity index (χ0v) is 12.6. The second kappa shape index (κ2) is 8.12. The molecule has 4 nitrogen and oxygen atoms in total. The van der Waals surface area contributed by atoms with Crippen LogP contribution >= 0.6 is 0 Å². The van der Waals surface area contributed by atoms with E-state index in [1.807, 2.05) is 12.1 Å². The molecular formula is C16H26N2O2. The van der Waals surface area contributed by atoms with E-state index in [1.54, 1.807) is 7.11 Å². The van der Waals surface area contributed by atoms with E-state index in [0.717, 1.165) is 5.75 Å². The molecule has 1 fully saturated rings. The predicted molar refractivity (Wildman–Crippen MR) is 82.6 cm³/mol. The third kappa shape index (κ3) is 4.69. The van der Waals surface area contributed by atoms with Gasteiger partial charge < -0.3 is 19.7 Å². The first kappa shape index (κ1) is 15.1. The lowest BCUT2D eigenvalue weighted by Gasteiger charge is -2.32. The van der Waals surface area contributed by atoms with Gasteiger partial charge in [0.25, 0.3) is 0 Å². The molecule has 0 radical (unpaired) electrons. The Balaban J connectivity index is 1.76. The minimum atomic E-state index is 0.595. The monoisotopic (exact) mass is 278 g/mol. The molecule has 0 spiro atoms. The SMILES string of the molecule is CCN1CCC(Nc2ccc(OCCOC)cc2)CC1. The summed E-state index contributed by atoms with van der Waals surface area (Å²) in [4.78, 5) is 2.50. The molecule has 4 heteroatoms. The molecule has 1 saturated heterocycles. The average molecular weight is 278 g/mol. The van der Waals surface area contributed by atoms with Crippen molar-refractivity contribution in [3.8, 4) is 5.75 Å². The molecule has 0 amide bonds. The number of hydrogen-bond donors (Lipinski definition) is 1. The number of hydrogen-bond acceptors (Lipinski definition) is 4. The van der Waals surface area contributed by atoms with E-state index in [4.69, 9.17) is 9.47 Å². The third-order valence-electron chi connectivity index (χ3n) is 3.82. The van der Waals surface area contributed by atoms with Crippen LogP contribution in [0.25, 0.3) is 0 Å². The number of likely N-dealkylation sites (tertiary alicyclic amines) is 1. The molecule has 1 aromatic rings. The molecule has 1 N–H and O–H groups in total. The van der Waals surface area contributed by atoms with Crippen molar-refractivity contribution in [3.05, 3.63) is 24.3 Å². The summed E-state index contributed by atoms with van der Waals surface area (Å²) in [5, 5.41) is 3.61. The fourth-order valence-corrected chi connectivity index (χ4v) is 2.52. The molecule has 112 valence electrons. The van der Waals surface area contributed by atoms with E-state index in [-0.39, 0.29) is 0 Å². The lowest BCUT2D eigenvalue weighted by atomic mass is 10.0. The summed E-state index contributed by atoms with van der Waals surface area (Å²) < 4.78 is 10.5. The second-order valence-electron chi connectivity index (χ2n) is 5.22. The van der Waals surface area contributed by atoms with Crippen molar-refractivity contribution >= 4 is 5.69 Å². The lowest BCUT2D eigenvalue weighted by Crippen LogP contribution is -2.38. The fourth-order valence-electron chi connectivity index (χ4n) is 2.52. The third-order valence-corrected chi connectivity index (χ3v) is 3.82. The van der Waals surface area contributed by atoms with Gasteiger partial charge in [0.1, 0.15) is 12.4 Å². The predicted octanol–water partition coefficient (Wildman–Crippen LogP) is 2.61. The maximum atomic E-state index is 5.56.